The van der Waals surface area contributed by atoms with Gasteiger partial charge in [0.1, 0.15) is 0 Å². The van der Waals surface area contributed by atoms with Gasteiger partial charge in [-0.2, -0.15) is 13.2 Å². The summed E-state index contributed by atoms with van der Waals surface area (Å²) in [5.74, 6) is 0. The molecule has 0 aliphatic heterocycles. The Morgan fingerprint density at radius 3 is 1.40 bits per heavy atom. The molecule has 0 saturated carbocycles. The fourth-order valence-electron chi connectivity index (χ4n) is 0.743. The molecule has 1 rings (SSSR count). The highest BCUT2D eigenvalue weighted by molar-refractivity contribution is 5.23. The van der Waals surface area contributed by atoms with Crippen molar-refractivity contribution in [3.8, 4) is 0 Å². The second-order valence-corrected chi connectivity index (χ2v) is 2.36. The largest absolute Gasteiger partial charge is 0.416 e. The van der Waals surface area contributed by atoms with Gasteiger partial charge in [-0.3, -0.25) is 0 Å². The molecule has 0 aliphatic carbocycles. The Kier molecular flexibility index (Phi) is 9.13. The third-order valence-electron chi connectivity index (χ3n) is 1.38. The van der Waals surface area contributed by atoms with Gasteiger partial charge < -0.3 is 0 Å². The van der Waals surface area contributed by atoms with Gasteiger partial charge in [0.15, 0.2) is 0 Å². The van der Waals surface area contributed by atoms with Gasteiger partial charge in [0, 0.05) is 0 Å². The van der Waals surface area contributed by atoms with Crippen LogP contribution in [-0.2, 0) is 6.18 Å². The maximum atomic E-state index is 11.9. The van der Waals surface area contributed by atoms with Crippen LogP contribution in [-0.4, -0.2) is 0 Å². The third-order valence-corrected chi connectivity index (χ3v) is 1.38. The lowest BCUT2D eigenvalue weighted by Gasteiger charge is -2.05. The van der Waals surface area contributed by atoms with Crippen molar-refractivity contribution in [1.29, 1.82) is 0 Å². The zero-order valence-corrected chi connectivity index (χ0v) is 9.94. The number of aryl methyl sites for hydroxylation is 1. The molecule has 0 saturated heterocycles. The van der Waals surface area contributed by atoms with Gasteiger partial charge in [-0.25, -0.2) is 0 Å². The Labute approximate surface area is 90.1 Å². The van der Waals surface area contributed by atoms with E-state index in [9.17, 15) is 13.2 Å². The maximum Gasteiger partial charge on any atom is 0.416 e. The molecule has 0 unspecified atom stereocenters. The van der Waals surface area contributed by atoms with Gasteiger partial charge in [-0.15, -0.1) is 0 Å². The highest BCUT2D eigenvalue weighted by atomic mass is 19.4. The van der Waals surface area contributed by atoms with Crippen LogP contribution >= 0.6 is 0 Å². The summed E-state index contributed by atoms with van der Waals surface area (Å²) in [5.41, 5.74) is 0.237. The fraction of sp³-hybridized carbons (Fsp3) is 0.500. The lowest BCUT2D eigenvalue weighted by molar-refractivity contribution is -0.137. The summed E-state index contributed by atoms with van der Waals surface area (Å²) >= 11 is 0. The van der Waals surface area contributed by atoms with E-state index >= 15 is 0 Å². The first-order valence-electron chi connectivity index (χ1n) is 5.14. The summed E-state index contributed by atoms with van der Waals surface area (Å²) < 4.78 is 35.8. The monoisotopic (exact) mass is 220 g/mol. The molecule has 88 valence electrons. The quantitative estimate of drug-likeness (QED) is 0.572. The van der Waals surface area contributed by atoms with Crippen LogP contribution in [0.25, 0.3) is 0 Å². The van der Waals surface area contributed by atoms with E-state index in [2.05, 4.69) is 0 Å². The summed E-state index contributed by atoms with van der Waals surface area (Å²) in [5, 5.41) is 0. The van der Waals surface area contributed by atoms with Crippen molar-refractivity contribution in [1.82, 2.24) is 0 Å². The molecule has 0 atom stereocenters. The molecule has 1 aromatic carbocycles. The maximum absolute atomic E-state index is 11.9. The molecule has 3 heteroatoms. The molecule has 0 amide bonds. The predicted molar refractivity (Wildman–Crippen MR) is 58.9 cm³/mol. The van der Waals surface area contributed by atoms with E-state index in [0.29, 0.717) is 0 Å². The van der Waals surface area contributed by atoms with Crippen molar-refractivity contribution < 1.29 is 13.2 Å². The predicted octanol–water partition coefficient (Wildman–Crippen LogP) is 5.07. The molecule has 0 aromatic heterocycles. The summed E-state index contributed by atoms with van der Waals surface area (Å²) in [6, 6.07) is 5.05. The van der Waals surface area contributed by atoms with Crippen LogP contribution in [0.5, 0.6) is 0 Å². The first kappa shape index (κ1) is 16.4. The Hall–Kier alpha value is -0.990. The van der Waals surface area contributed by atoms with E-state index in [1.165, 1.54) is 12.1 Å². The summed E-state index contributed by atoms with van der Waals surface area (Å²) in [6.45, 7) is 9.75. The highest BCUT2D eigenvalue weighted by Crippen LogP contribution is 2.28. The number of halogens is 3. The lowest BCUT2D eigenvalue weighted by Crippen LogP contribution is -2.03. The molecule has 0 N–H and O–H groups in total. The van der Waals surface area contributed by atoms with Gasteiger partial charge >= 0.3 is 6.18 Å². The SMILES string of the molecule is CC.CC.Cc1ccc(C(F)(F)F)cc1. The molecule has 0 radical (unpaired) electrons. The average Bonchev–Trinajstić information content (AvgIpc) is 2.23. The molecule has 15 heavy (non-hydrogen) atoms. The normalized spacial score (nSPS) is 9.33. The van der Waals surface area contributed by atoms with Crippen LogP contribution in [0.15, 0.2) is 24.3 Å². The highest BCUT2D eigenvalue weighted by Gasteiger charge is 2.29. The molecular formula is C12H19F3. The first-order valence-corrected chi connectivity index (χ1v) is 5.14. The van der Waals surface area contributed by atoms with Gasteiger partial charge in [0.2, 0.25) is 0 Å². The zero-order chi connectivity index (χ0) is 12.5. The van der Waals surface area contributed by atoms with E-state index in [1.54, 1.807) is 6.92 Å². The van der Waals surface area contributed by atoms with Gasteiger partial charge in [-0.05, 0) is 19.1 Å². The van der Waals surface area contributed by atoms with Crippen LogP contribution in [0.2, 0.25) is 0 Å². The van der Waals surface area contributed by atoms with E-state index in [4.69, 9.17) is 0 Å². The van der Waals surface area contributed by atoms with Crippen molar-refractivity contribution in [3.63, 3.8) is 0 Å². The topological polar surface area (TPSA) is 0 Å². The smallest absolute Gasteiger partial charge is 0.166 e. The minimum Gasteiger partial charge on any atom is -0.166 e. The van der Waals surface area contributed by atoms with Crippen molar-refractivity contribution in [2.45, 2.75) is 40.8 Å². The number of benzene rings is 1. The Bertz CT molecular complexity index is 234. The molecule has 0 nitrogen and oxygen atoms in total. The van der Waals surface area contributed by atoms with Crippen LogP contribution in [0.1, 0.15) is 38.8 Å². The zero-order valence-electron chi connectivity index (χ0n) is 9.94. The number of rotatable bonds is 0. The van der Waals surface area contributed by atoms with Crippen LogP contribution in [0.4, 0.5) is 13.2 Å². The van der Waals surface area contributed by atoms with E-state index in [-0.39, 0.29) is 0 Å². The van der Waals surface area contributed by atoms with Crippen LogP contribution < -0.4 is 0 Å². The van der Waals surface area contributed by atoms with Gasteiger partial charge in [0.25, 0.3) is 0 Å². The van der Waals surface area contributed by atoms with Crippen molar-refractivity contribution >= 4 is 0 Å². The Balaban J connectivity index is 0. The fourth-order valence-corrected chi connectivity index (χ4v) is 0.743. The molecule has 0 heterocycles. The molecule has 0 bridgehead atoms. The summed E-state index contributed by atoms with van der Waals surface area (Å²) in [6.07, 6.45) is -4.21. The average molecular weight is 220 g/mol. The lowest BCUT2D eigenvalue weighted by atomic mass is 10.1. The minimum atomic E-state index is -4.21. The number of alkyl halides is 3. The first-order chi connectivity index (χ1) is 7.00. The second-order valence-electron chi connectivity index (χ2n) is 2.36. The molecule has 1 aromatic rings. The number of hydrogen-bond donors (Lipinski definition) is 0. The van der Waals surface area contributed by atoms with E-state index in [1.807, 2.05) is 27.7 Å². The second kappa shape index (κ2) is 8.33. The molecule has 0 aliphatic rings. The molecular weight excluding hydrogens is 201 g/mol. The molecule has 0 spiro atoms. The Morgan fingerprint density at radius 1 is 0.800 bits per heavy atom. The van der Waals surface area contributed by atoms with E-state index < -0.39 is 11.7 Å². The van der Waals surface area contributed by atoms with Crippen molar-refractivity contribution in [2.75, 3.05) is 0 Å². The van der Waals surface area contributed by atoms with E-state index in [0.717, 1.165) is 17.7 Å². The van der Waals surface area contributed by atoms with Gasteiger partial charge in [0.05, 0.1) is 5.56 Å². The van der Waals surface area contributed by atoms with Crippen LogP contribution in [0.3, 0.4) is 0 Å². The standard InChI is InChI=1S/C8H7F3.2C2H6/c1-6-2-4-7(5-3-6)8(9,10)11;2*1-2/h2-5H,1H3;2*1-2H3. The minimum absolute atomic E-state index is 0.594. The Morgan fingerprint density at radius 2 is 1.13 bits per heavy atom. The van der Waals surface area contributed by atoms with Gasteiger partial charge in [-0.1, -0.05) is 45.4 Å². The summed E-state index contributed by atoms with van der Waals surface area (Å²) in [4.78, 5) is 0. The van der Waals surface area contributed by atoms with Crippen LogP contribution in [0, 0.1) is 6.92 Å². The number of hydrogen-bond acceptors (Lipinski definition) is 0. The van der Waals surface area contributed by atoms with Crippen molar-refractivity contribution in [2.24, 2.45) is 0 Å². The summed E-state index contributed by atoms with van der Waals surface area (Å²) in [7, 11) is 0. The third kappa shape index (κ3) is 7.00. The van der Waals surface area contributed by atoms with Crippen molar-refractivity contribution in [3.05, 3.63) is 35.4 Å². The molecule has 0 fully saturated rings.